The average molecular weight is 140 g/mol. The summed E-state index contributed by atoms with van der Waals surface area (Å²) in [7, 11) is 0. The first-order valence-electron chi connectivity index (χ1n) is 3.53. The van der Waals surface area contributed by atoms with Crippen LogP contribution in [0.4, 0.5) is 0 Å². The molecule has 0 amide bonds. The Labute approximate surface area is 61.0 Å². The molecule has 1 fully saturated rings. The van der Waals surface area contributed by atoms with E-state index in [0.717, 1.165) is 12.8 Å². The third-order valence-corrected chi connectivity index (χ3v) is 1.70. The van der Waals surface area contributed by atoms with Crippen molar-refractivity contribution in [3.8, 4) is 0 Å². The van der Waals surface area contributed by atoms with Gasteiger partial charge in [0.1, 0.15) is 6.10 Å². The normalized spacial score (nSPS) is 33.2. The van der Waals surface area contributed by atoms with Crippen molar-refractivity contribution in [3.63, 3.8) is 0 Å². The highest BCUT2D eigenvalue weighted by molar-refractivity contribution is 4.77. The van der Waals surface area contributed by atoms with Crippen LogP contribution in [0.5, 0.6) is 0 Å². The Morgan fingerprint density at radius 3 is 2.90 bits per heavy atom. The molecule has 2 N–H and O–H groups in total. The lowest BCUT2D eigenvalue weighted by atomic mass is 10.1. The van der Waals surface area contributed by atoms with Gasteiger partial charge in [-0.15, -0.1) is 0 Å². The van der Waals surface area contributed by atoms with Gasteiger partial charge in [0.15, 0.2) is 0 Å². The third-order valence-electron chi connectivity index (χ3n) is 1.70. The van der Waals surface area contributed by atoms with Gasteiger partial charge >= 0.3 is 0 Å². The lowest BCUT2D eigenvalue weighted by Gasteiger charge is -2.23. The molecule has 56 valence electrons. The minimum absolute atomic E-state index is 0.150. The minimum atomic E-state index is 0.150. The second kappa shape index (κ2) is 3.55. The summed E-state index contributed by atoms with van der Waals surface area (Å²) < 4.78 is 5.29. The number of hydrogen-bond donors (Lipinski definition) is 1. The van der Waals surface area contributed by atoms with Crippen molar-refractivity contribution in [2.75, 3.05) is 13.2 Å². The fraction of sp³-hybridized carbons (Fsp3) is 0.857. The smallest absolute Gasteiger partial charge is 0.240 e. The second-order valence-electron chi connectivity index (χ2n) is 2.63. The molecular weight excluding hydrogens is 128 g/mol. The summed E-state index contributed by atoms with van der Waals surface area (Å²) in [5.41, 5.74) is 5.59. The standard InChI is InChI=1S/C7H12N2O/c1-9-4-7-3-2-6(8)5-10-7/h6-7H,2-5,8H2/t6-,7+/m0/s1. The van der Waals surface area contributed by atoms with E-state index in [1.165, 1.54) is 0 Å². The van der Waals surface area contributed by atoms with Crippen LogP contribution in [0.3, 0.4) is 0 Å². The van der Waals surface area contributed by atoms with Crippen molar-refractivity contribution in [2.45, 2.75) is 25.0 Å². The lowest BCUT2D eigenvalue weighted by Crippen LogP contribution is -2.36. The summed E-state index contributed by atoms with van der Waals surface area (Å²) in [4.78, 5) is 3.27. The van der Waals surface area contributed by atoms with E-state index in [0.29, 0.717) is 13.2 Å². The molecule has 0 saturated carbocycles. The van der Waals surface area contributed by atoms with Gasteiger partial charge in [-0.05, 0) is 12.8 Å². The molecule has 0 aromatic heterocycles. The Hall–Kier alpha value is -0.590. The van der Waals surface area contributed by atoms with Crippen LogP contribution in [0.25, 0.3) is 4.85 Å². The summed E-state index contributed by atoms with van der Waals surface area (Å²) in [6, 6.07) is 0.196. The molecule has 3 heteroatoms. The maximum absolute atomic E-state index is 6.60. The van der Waals surface area contributed by atoms with Crippen molar-refractivity contribution < 1.29 is 4.74 Å². The molecular formula is C7H12N2O. The zero-order valence-electron chi connectivity index (χ0n) is 5.92. The van der Waals surface area contributed by atoms with Crippen LogP contribution in [-0.2, 0) is 4.74 Å². The van der Waals surface area contributed by atoms with Crippen LogP contribution in [0.2, 0.25) is 0 Å². The van der Waals surface area contributed by atoms with Crippen LogP contribution in [-0.4, -0.2) is 25.3 Å². The second-order valence-corrected chi connectivity index (χ2v) is 2.63. The van der Waals surface area contributed by atoms with Gasteiger partial charge in [0.25, 0.3) is 0 Å². The van der Waals surface area contributed by atoms with E-state index >= 15 is 0 Å². The van der Waals surface area contributed by atoms with Crippen LogP contribution >= 0.6 is 0 Å². The van der Waals surface area contributed by atoms with Crippen LogP contribution in [0, 0.1) is 6.57 Å². The van der Waals surface area contributed by atoms with Crippen LogP contribution in [0.1, 0.15) is 12.8 Å². The van der Waals surface area contributed by atoms with Crippen LogP contribution < -0.4 is 5.73 Å². The molecule has 1 saturated heterocycles. The topological polar surface area (TPSA) is 39.6 Å². The van der Waals surface area contributed by atoms with E-state index in [1.807, 2.05) is 0 Å². The number of rotatable bonds is 1. The maximum atomic E-state index is 6.60. The molecule has 1 aliphatic heterocycles. The number of nitrogens with zero attached hydrogens (tertiary/aromatic N) is 1. The van der Waals surface area contributed by atoms with Gasteiger partial charge in [0.05, 0.1) is 6.61 Å². The van der Waals surface area contributed by atoms with Crippen molar-refractivity contribution in [1.29, 1.82) is 0 Å². The highest BCUT2D eigenvalue weighted by Crippen LogP contribution is 2.11. The Bertz CT molecular complexity index is 133. The Kier molecular flexibility index (Phi) is 2.67. The summed E-state index contributed by atoms with van der Waals surface area (Å²) in [5.74, 6) is 0. The first kappa shape index (κ1) is 7.52. The van der Waals surface area contributed by atoms with Crippen LogP contribution in [0.15, 0.2) is 0 Å². The molecule has 0 radical (unpaired) electrons. The zero-order chi connectivity index (χ0) is 7.40. The number of hydrogen-bond acceptors (Lipinski definition) is 2. The lowest BCUT2D eigenvalue weighted by molar-refractivity contribution is 0.0155. The van der Waals surface area contributed by atoms with Gasteiger partial charge < -0.3 is 15.3 Å². The van der Waals surface area contributed by atoms with E-state index in [-0.39, 0.29) is 12.1 Å². The quantitative estimate of drug-likeness (QED) is 0.536. The first-order valence-corrected chi connectivity index (χ1v) is 3.53. The Balaban J connectivity index is 2.21. The molecule has 3 nitrogen and oxygen atoms in total. The number of nitrogens with two attached hydrogens (primary N) is 1. The number of ether oxygens (including phenoxy) is 1. The highest BCUT2D eigenvalue weighted by atomic mass is 16.5. The summed E-state index contributed by atoms with van der Waals surface area (Å²) in [6.07, 6.45) is 2.10. The molecule has 2 atom stereocenters. The third kappa shape index (κ3) is 1.98. The highest BCUT2D eigenvalue weighted by Gasteiger charge is 2.20. The monoisotopic (exact) mass is 140 g/mol. The van der Waals surface area contributed by atoms with Crippen molar-refractivity contribution in [1.82, 2.24) is 0 Å². The van der Waals surface area contributed by atoms with Crippen molar-refractivity contribution >= 4 is 0 Å². The van der Waals surface area contributed by atoms with Gasteiger partial charge in [-0.2, -0.15) is 0 Å². The molecule has 0 aliphatic carbocycles. The van der Waals surface area contributed by atoms with Gasteiger partial charge in [0, 0.05) is 6.04 Å². The molecule has 0 aromatic rings. The first-order chi connectivity index (χ1) is 4.83. The molecule has 0 bridgehead atoms. The molecule has 1 heterocycles. The molecule has 0 unspecified atom stereocenters. The van der Waals surface area contributed by atoms with E-state index < -0.39 is 0 Å². The molecule has 1 rings (SSSR count). The minimum Gasteiger partial charge on any atom is -0.369 e. The molecule has 1 aliphatic rings. The predicted octanol–water partition coefficient (Wildman–Crippen LogP) is 0.412. The summed E-state index contributed by atoms with van der Waals surface area (Å²) >= 11 is 0. The van der Waals surface area contributed by atoms with E-state index in [4.69, 9.17) is 17.0 Å². The SMILES string of the molecule is [C-]#[N+]C[C@H]1CC[C@H](N)CO1. The molecule has 0 aromatic carbocycles. The van der Waals surface area contributed by atoms with E-state index in [1.54, 1.807) is 0 Å². The van der Waals surface area contributed by atoms with Crippen molar-refractivity contribution in [2.24, 2.45) is 5.73 Å². The summed E-state index contributed by atoms with van der Waals surface area (Å²) in [5, 5.41) is 0. The fourth-order valence-electron chi connectivity index (χ4n) is 1.07. The van der Waals surface area contributed by atoms with E-state index in [2.05, 4.69) is 4.85 Å². The van der Waals surface area contributed by atoms with Gasteiger partial charge in [-0.25, -0.2) is 6.57 Å². The maximum Gasteiger partial charge on any atom is 0.240 e. The molecule has 10 heavy (non-hydrogen) atoms. The van der Waals surface area contributed by atoms with Crippen molar-refractivity contribution in [3.05, 3.63) is 11.4 Å². The van der Waals surface area contributed by atoms with Gasteiger partial charge in [0.2, 0.25) is 6.54 Å². The largest absolute Gasteiger partial charge is 0.369 e. The Morgan fingerprint density at radius 1 is 1.60 bits per heavy atom. The fourth-order valence-corrected chi connectivity index (χ4v) is 1.07. The molecule has 0 spiro atoms. The summed E-state index contributed by atoms with van der Waals surface area (Å²) in [6.45, 7) is 7.72. The van der Waals surface area contributed by atoms with E-state index in [9.17, 15) is 0 Å². The Morgan fingerprint density at radius 2 is 2.40 bits per heavy atom. The predicted molar refractivity (Wildman–Crippen MR) is 38.4 cm³/mol. The zero-order valence-corrected chi connectivity index (χ0v) is 5.92. The average Bonchev–Trinajstić information content (AvgIpc) is 1.95. The van der Waals surface area contributed by atoms with Gasteiger partial charge in [-0.1, -0.05) is 0 Å². The van der Waals surface area contributed by atoms with Gasteiger partial charge in [-0.3, -0.25) is 0 Å².